The Labute approximate surface area is 276 Å². The third kappa shape index (κ3) is 8.36. The maximum Gasteiger partial charge on any atom is 0.307 e. The second kappa shape index (κ2) is 15.3. The number of hydrogen-bond acceptors (Lipinski definition) is 9. The summed E-state index contributed by atoms with van der Waals surface area (Å²) in [5.41, 5.74) is 0.264. The standard InChI is InChI=1S/C33H30F2N6O6S/c1-40(2)28(42)11-4-3-7-24(38-31(44)32-36-14-16-46-32)30(43)39-25-9-6-15-41(33(25)45)18-27-37-23-8-5-10-26(29(23)48-27)47-19-20-12-13-21(34)17-22(20)35/h4-6,8-17,24H,3,7,18-19H2,1-2H3,(H,38,44)(H,39,43)/b11-4+/t24-/m0/s1. The summed E-state index contributed by atoms with van der Waals surface area (Å²) in [6, 6.07) is 10.4. The molecule has 3 aromatic heterocycles. The van der Waals surface area contributed by atoms with Crippen molar-refractivity contribution in [2.24, 2.45) is 0 Å². The zero-order valence-electron chi connectivity index (χ0n) is 25.8. The smallest absolute Gasteiger partial charge is 0.307 e. The number of ether oxygens (including phenoxy) is 1. The van der Waals surface area contributed by atoms with Crippen LogP contribution >= 0.6 is 11.3 Å². The molecule has 15 heteroatoms. The Bertz CT molecular complexity index is 2020. The third-order valence-corrected chi connectivity index (χ3v) is 8.05. The highest BCUT2D eigenvalue weighted by Crippen LogP contribution is 2.32. The van der Waals surface area contributed by atoms with E-state index in [0.29, 0.717) is 21.0 Å². The van der Waals surface area contributed by atoms with Crippen LogP contribution in [-0.4, -0.2) is 57.3 Å². The van der Waals surface area contributed by atoms with Gasteiger partial charge in [-0.25, -0.2) is 18.7 Å². The molecular formula is C33H30F2N6O6S. The van der Waals surface area contributed by atoms with Crippen molar-refractivity contribution in [3.05, 3.63) is 118 Å². The molecule has 248 valence electrons. The number of pyridine rings is 1. The highest BCUT2D eigenvalue weighted by atomic mass is 32.1. The molecule has 0 saturated heterocycles. The molecule has 0 aliphatic heterocycles. The number of amides is 3. The van der Waals surface area contributed by atoms with E-state index in [0.717, 1.165) is 12.1 Å². The molecule has 0 radical (unpaired) electrons. The first-order chi connectivity index (χ1) is 23.1. The van der Waals surface area contributed by atoms with Crippen molar-refractivity contribution in [1.82, 2.24) is 24.8 Å². The number of rotatable bonds is 13. The SMILES string of the molecule is CN(C)C(=O)/C=C/CC[C@H](NC(=O)c1ncco1)C(=O)Nc1cccn(Cc2nc3cccc(OCc4ccc(F)cc4F)c3s2)c1=O. The molecule has 0 unspecified atom stereocenters. The number of halogens is 2. The molecule has 5 aromatic rings. The molecule has 0 aliphatic rings. The number of allylic oxidation sites excluding steroid dienone is 1. The van der Waals surface area contributed by atoms with Gasteiger partial charge in [-0.2, -0.15) is 0 Å². The first-order valence-corrected chi connectivity index (χ1v) is 15.4. The number of nitrogens with one attached hydrogen (secondary N) is 2. The largest absolute Gasteiger partial charge is 0.487 e. The lowest BCUT2D eigenvalue weighted by Gasteiger charge is -2.17. The van der Waals surface area contributed by atoms with Crippen molar-refractivity contribution >= 4 is 45.0 Å². The lowest BCUT2D eigenvalue weighted by molar-refractivity contribution is -0.123. The summed E-state index contributed by atoms with van der Waals surface area (Å²) < 4.78 is 40.3. The molecule has 0 bridgehead atoms. The zero-order valence-corrected chi connectivity index (χ0v) is 26.6. The maximum absolute atomic E-state index is 14.1. The van der Waals surface area contributed by atoms with Gasteiger partial charge in [0, 0.05) is 31.9 Å². The van der Waals surface area contributed by atoms with Crippen LogP contribution in [0, 0.1) is 11.6 Å². The maximum atomic E-state index is 14.1. The lowest BCUT2D eigenvalue weighted by Crippen LogP contribution is -2.44. The Morgan fingerprint density at radius 2 is 1.98 bits per heavy atom. The number of anilines is 1. The summed E-state index contributed by atoms with van der Waals surface area (Å²) in [4.78, 5) is 61.0. The lowest BCUT2D eigenvalue weighted by atomic mass is 10.1. The van der Waals surface area contributed by atoms with Crippen molar-refractivity contribution < 1.29 is 32.3 Å². The van der Waals surface area contributed by atoms with E-state index >= 15 is 0 Å². The quantitative estimate of drug-likeness (QED) is 0.173. The van der Waals surface area contributed by atoms with Crippen molar-refractivity contribution in [3.8, 4) is 5.75 Å². The first kappa shape index (κ1) is 33.7. The molecule has 5 rings (SSSR count). The summed E-state index contributed by atoms with van der Waals surface area (Å²) in [5, 5.41) is 5.73. The van der Waals surface area contributed by atoms with E-state index in [-0.39, 0.29) is 49.0 Å². The van der Waals surface area contributed by atoms with Crippen LogP contribution in [0.5, 0.6) is 5.75 Å². The van der Waals surface area contributed by atoms with Gasteiger partial charge in [0.2, 0.25) is 11.8 Å². The monoisotopic (exact) mass is 676 g/mol. The number of likely N-dealkylation sites (N-methyl/N-ethyl adjacent to an activating group) is 1. The molecule has 0 spiro atoms. The van der Waals surface area contributed by atoms with Gasteiger partial charge in [0.1, 0.15) is 47.0 Å². The first-order valence-electron chi connectivity index (χ1n) is 14.6. The van der Waals surface area contributed by atoms with Crippen LogP contribution in [0.4, 0.5) is 14.5 Å². The summed E-state index contributed by atoms with van der Waals surface area (Å²) in [7, 11) is 3.21. The fourth-order valence-electron chi connectivity index (χ4n) is 4.49. The van der Waals surface area contributed by atoms with E-state index in [1.165, 1.54) is 51.5 Å². The van der Waals surface area contributed by atoms with E-state index in [1.807, 2.05) is 0 Å². The second-order valence-electron chi connectivity index (χ2n) is 10.7. The molecule has 1 atom stereocenters. The number of oxazole rings is 1. The Hall–Kier alpha value is -5.70. The van der Waals surface area contributed by atoms with E-state index in [9.17, 15) is 28.0 Å². The number of nitrogens with zero attached hydrogens (tertiary/aromatic N) is 4. The van der Waals surface area contributed by atoms with E-state index in [4.69, 9.17) is 9.15 Å². The second-order valence-corrected chi connectivity index (χ2v) is 11.7. The fourth-order valence-corrected chi connectivity index (χ4v) is 5.52. The average molecular weight is 677 g/mol. The summed E-state index contributed by atoms with van der Waals surface area (Å²) >= 11 is 1.28. The highest BCUT2D eigenvalue weighted by Gasteiger charge is 2.24. The minimum atomic E-state index is -1.09. The summed E-state index contributed by atoms with van der Waals surface area (Å²) in [5.74, 6) is -2.79. The van der Waals surface area contributed by atoms with E-state index in [2.05, 4.69) is 20.6 Å². The van der Waals surface area contributed by atoms with Crippen LogP contribution in [0.25, 0.3) is 10.2 Å². The van der Waals surface area contributed by atoms with Crippen LogP contribution in [0.15, 0.2) is 88.6 Å². The van der Waals surface area contributed by atoms with Gasteiger partial charge in [-0.3, -0.25) is 19.2 Å². The van der Waals surface area contributed by atoms with Gasteiger partial charge in [0.25, 0.3) is 11.4 Å². The fraction of sp³-hybridized carbons (Fsp3) is 0.212. The zero-order chi connectivity index (χ0) is 34.2. The molecule has 0 aliphatic carbocycles. The predicted octanol–water partition coefficient (Wildman–Crippen LogP) is 4.51. The Morgan fingerprint density at radius 3 is 2.73 bits per heavy atom. The van der Waals surface area contributed by atoms with Crippen molar-refractivity contribution in [2.45, 2.75) is 32.0 Å². The van der Waals surface area contributed by atoms with Crippen LogP contribution in [-0.2, 0) is 22.7 Å². The minimum absolute atomic E-state index is 0.0253. The van der Waals surface area contributed by atoms with Gasteiger partial charge in [0.15, 0.2) is 0 Å². The predicted molar refractivity (Wildman–Crippen MR) is 174 cm³/mol. The van der Waals surface area contributed by atoms with Crippen LogP contribution in [0.1, 0.15) is 34.1 Å². The molecule has 3 amide bonds. The number of carbonyl (C=O) groups is 3. The van der Waals surface area contributed by atoms with Gasteiger partial charge >= 0.3 is 5.91 Å². The van der Waals surface area contributed by atoms with Gasteiger partial charge in [0.05, 0.1) is 23.0 Å². The minimum Gasteiger partial charge on any atom is -0.487 e. The normalized spacial score (nSPS) is 11.8. The molecule has 3 heterocycles. The third-order valence-electron chi connectivity index (χ3n) is 6.98. The van der Waals surface area contributed by atoms with Crippen molar-refractivity contribution in [1.29, 1.82) is 0 Å². The highest BCUT2D eigenvalue weighted by molar-refractivity contribution is 7.19. The number of thiazole rings is 1. The molecule has 0 fully saturated rings. The summed E-state index contributed by atoms with van der Waals surface area (Å²) in [6.45, 7) is -0.0490. The van der Waals surface area contributed by atoms with Crippen molar-refractivity contribution in [2.75, 3.05) is 19.4 Å². The Balaban J connectivity index is 1.29. The number of benzene rings is 2. The Kier molecular flexibility index (Phi) is 10.7. The van der Waals surface area contributed by atoms with Gasteiger partial charge in [-0.15, -0.1) is 11.3 Å². The van der Waals surface area contributed by atoms with E-state index in [1.54, 1.807) is 50.6 Å². The van der Waals surface area contributed by atoms with Crippen LogP contribution < -0.4 is 20.9 Å². The molecule has 2 N–H and O–H groups in total. The molecular weight excluding hydrogens is 646 g/mol. The number of carbonyl (C=O) groups excluding carboxylic acids is 3. The van der Waals surface area contributed by atoms with Crippen LogP contribution in [0.3, 0.4) is 0 Å². The molecule has 48 heavy (non-hydrogen) atoms. The topological polar surface area (TPSA) is 149 Å². The average Bonchev–Trinajstić information content (AvgIpc) is 3.74. The molecule has 2 aromatic carbocycles. The number of fused-ring (bicyclic) bond motifs is 1. The van der Waals surface area contributed by atoms with Gasteiger partial charge < -0.3 is 29.3 Å². The molecule has 0 saturated carbocycles. The Morgan fingerprint density at radius 1 is 1.15 bits per heavy atom. The van der Waals surface area contributed by atoms with Gasteiger partial charge in [-0.05, 0) is 55.3 Å². The van der Waals surface area contributed by atoms with E-state index < -0.39 is 35.0 Å². The molecule has 12 nitrogen and oxygen atoms in total. The number of aromatic nitrogens is 3. The van der Waals surface area contributed by atoms with Crippen molar-refractivity contribution in [3.63, 3.8) is 0 Å². The van der Waals surface area contributed by atoms with Gasteiger partial charge in [-0.1, -0.05) is 12.1 Å². The summed E-state index contributed by atoms with van der Waals surface area (Å²) in [6.07, 6.45) is 7.40. The van der Waals surface area contributed by atoms with Crippen LogP contribution in [0.2, 0.25) is 0 Å². The number of hydrogen-bond donors (Lipinski definition) is 2.